The molecular formula is C14H13ClN2. The third-order valence-corrected chi connectivity index (χ3v) is 2.92. The van der Waals surface area contributed by atoms with Crippen molar-refractivity contribution in [3.8, 4) is 11.1 Å². The van der Waals surface area contributed by atoms with E-state index in [-0.39, 0.29) is 5.84 Å². The molecule has 0 saturated carbocycles. The van der Waals surface area contributed by atoms with Gasteiger partial charge in [-0.05, 0) is 41.8 Å². The Balaban J connectivity index is 2.58. The standard InChI is InChI=1S/C14H13ClN2/c1-9-5-6-11(14(16)17)8-13(9)10-3-2-4-12(15)7-10/h2-8H,1H3,(H3,16,17). The van der Waals surface area contributed by atoms with Gasteiger partial charge in [-0.3, -0.25) is 5.41 Å². The number of aryl methyl sites for hydroxylation is 1. The van der Waals surface area contributed by atoms with Crippen molar-refractivity contribution in [3.05, 3.63) is 58.6 Å². The van der Waals surface area contributed by atoms with Gasteiger partial charge in [0.15, 0.2) is 0 Å². The van der Waals surface area contributed by atoms with Crippen LogP contribution in [-0.4, -0.2) is 5.84 Å². The van der Waals surface area contributed by atoms with E-state index in [1.165, 1.54) is 0 Å². The molecule has 2 aromatic rings. The Bertz CT molecular complexity index is 576. The number of amidine groups is 1. The molecule has 0 saturated heterocycles. The molecule has 0 heterocycles. The number of nitrogen functional groups attached to an aromatic ring is 1. The molecule has 3 N–H and O–H groups in total. The molecule has 86 valence electrons. The first-order chi connectivity index (χ1) is 8.08. The average Bonchev–Trinajstić information content (AvgIpc) is 2.29. The summed E-state index contributed by atoms with van der Waals surface area (Å²) in [6, 6.07) is 13.4. The van der Waals surface area contributed by atoms with Crippen molar-refractivity contribution in [2.24, 2.45) is 5.73 Å². The molecule has 0 radical (unpaired) electrons. The van der Waals surface area contributed by atoms with Crippen molar-refractivity contribution in [2.75, 3.05) is 0 Å². The summed E-state index contributed by atoms with van der Waals surface area (Å²) in [5, 5.41) is 8.16. The van der Waals surface area contributed by atoms with Crippen LogP contribution in [0.15, 0.2) is 42.5 Å². The van der Waals surface area contributed by atoms with Gasteiger partial charge in [-0.25, -0.2) is 0 Å². The Hall–Kier alpha value is -1.80. The second kappa shape index (κ2) is 4.60. The number of halogens is 1. The molecule has 0 spiro atoms. The van der Waals surface area contributed by atoms with Gasteiger partial charge < -0.3 is 5.73 Å². The Morgan fingerprint density at radius 3 is 2.59 bits per heavy atom. The molecule has 0 fully saturated rings. The van der Waals surface area contributed by atoms with Crippen LogP contribution in [0.3, 0.4) is 0 Å². The molecule has 0 atom stereocenters. The lowest BCUT2D eigenvalue weighted by molar-refractivity contribution is 1.39. The number of nitrogens with one attached hydrogen (secondary N) is 1. The van der Waals surface area contributed by atoms with Crippen LogP contribution in [-0.2, 0) is 0 Å². The maximum Gasteiger partial charge on any atom is 0.122 e. The van der Waals surface area contributed by atoms with E-state index in [0.717, 1.165) is 22.3 Å². The van der Waals surface area contributed by atoms with Crippen LogP contribution in [0.5, 0.6) is 0 Å². The quantitative estimate of drug-likeness (QED) is 0.616. The van der Waals surface area contributed by atoms with Crippen LogP contribution in [0, 0.1) is 12.3 Å². The predicted octanol–water partition coefficient (Wildman–Crippen LogP) is 3.60. The third-order valence-electron chi connectivity index (χ3n) is 2.68. The SMILES string of the molecule is Cc1ccc(C(=N)N)cc1-c1cccc(Cl)c1. The Labute approximate surface area is 106 Å². The van der Waals surface area contributed by atoms with Crippen molar-refractivity contribution >= 4 is 17.4 Å². The Morgan fingerprint density at radius 2 is 1.94 bits per heavy atom. The minimum Gasteiger partial charge on any atom is -0.384 e. The van der Waals surface area contributed by atoms with Crippen LogP contribution in [0.25, 0.3) is 11.1 Å². The first kappa shape index (κ1) is 11.7. The summed E-state index contributed by atoms with van der Waals surface area (Å²) >= 11 is 5.98. The zero-order valence-electron chi connectivity index (χ0n) is 9.50. The fourth-order valence-electron chi connectivity index (χ4n) is 1.76. The highest BCUT2D eigenvalue weighted by Gasteiger charge is 2.05. The predicted molar refractivity (Wildman–Crippen MR) is 72.6 cm³/mol. The van der Waals surface area contributed by atoms with Gasteiger partial charge in [-0.15, -0.1) is 0 Å². The monoisotopic (exact) mass is 244 g/mol. The van der Waals surface area contributed by atoms with Gasteiger partial charge in [0.25, 0.3) is 0 Å². The summed E-state index contributed by atoms with van der Waals surface area (Å²) in [4.78, 5) is 0. The molecular weight excluding hydrogens is 232 g/mol. The van der Waals surface area contributed by atoms with Crippen molar-refractivity contribution < 1.29 is 0 Å². The van der Waals surface area contributed by atoms with E-state index in [1.807, 2.05) is 49.4 Å². The highest BCUT2D eigenvalue weighted by Crippen LogP contribution is 2.26. The van der Waals surface area contributed by atoms with Gasteiger partial charge in [-0.1, -0.05) is 35.9 Å². The van der Waals surface area contributed by atoms with Crippen molar-refractivity contribution in [3.63, 3.8) is 0 Å². The summed E-state index contributed by atoms with van der Waals surface area (Å²) in [6.07, 6.45) is 0. The van der Waals surface area contributed by atoms with Crippen molar-refractivity contribution in [2.45, 2.75) is 6.92 Å². The molecule has 2 rings (SSSR count). The fraction of sp³-hybridized carbons (Fsp3) is 0.0714. The lowest BCUT2D eigenvalue weighted by Crippen LogP contribution is -2.11. The molecule has 3 heteroatoms. The van der Waals surface area contributed by atoms with Crippen LogP contribution in [0.1, 0.15) is 11.1 Å². The lowest BCUT2D eigenvalue weighted by Gasteiger charge is -2.08. The first-order valence-corrected chi connectivity index (χ1v) is 5.67. The average molecular weight is 245 g/mol. The normalized spacial score (nSPS) is 10.2. The molecule has 2 nitrogen and oxygen atoms in total. The molecule has 0 bridgehead atoms. The summed E-state index contributed by atoms with van der Waals surface area (Å²) < 4.78 is 0. The van der Waals surface area contributed by atoms with Gasteiger partial charge in [-0.2, -0.15) is 0 Å². The molecule has 17 heavy (non-hydrogen) atoms. The van der Waals surface area contributed by atoms with E-state index < -0.39 is 0 Å². The van der Waals surface area contributed by atoms with Gasteiger partial charge in [0.05, 0.1) is 0 Å². The highest BCUT2D eigenvalue weighted by molar-refractivity contribution is 6.30. The van der Waals surface area contributed by atoms with Crippen molar-refractivity contribution in [1.29, 1.82) is 5.41 Å². The van der Waals surface area contributed by atoms with Crippen LogP contribution in [0.2, 0.25) is 5.02 Å². The third kappa shape index (κ3) is 2.48. The van der Waals surface area contributed by atoms with Gasteiger partial charge in [0, 0.05) is 10.6 Å². The minimum atomic E-state index is 0.0771. The lowest BCUT2D eigenvalue weighted by atomic mass is 9.98. The summed E-state index contributed by atoms with van der Waals surface area (Å²) in [7, 11) is 0. The summed E-state index contributed by atoms with van der Waals surface area (Å²) in [5.74, 6) is 0.0771. The van der Waals surface area contributed by atoms with E-state index in [2.05, 4.69) is 0 Å². The number of hydrogen-bond donors (Lipinski definition) is 2. The zero-order chi connectivity index (χ0) is 12.4. The molecule has 0 aromatic heterocycles. The number of benzene rings is 2. The summed E-state index contributed by atoms with van der Waals surface area (Å²) in [5.41, 5.74) is 9.46. The number of nitrogens with two attached hydrogens (primary N) is 1. The van der Waals surface area contributed by atoms with Crippen LogP contribution >= 0.6 is 11.6 Å². The topological polar surface area (TPSA) is 49.9 Å². The maximum atomic E-state index is 7.46. The van der Waals surface area contributed by atoms with E-state index in [4.69, 9.17) is 22.7 Å². The largest absolute Gasteiger partial charge is 0.384 e. The molecule has 2 aromatic carbocycles. The Morgan fingerprint density at radius 1 is 1.18 bits per heavy atom. The van der Waals surface area contributed by atoms with Crippen molar-refractivity contribution in [1.82, 2.24) is 0 Å². The smallest absolute Gasteiger partial charge is 0.122 e. The van der Waals surface area contributed by atoms with Gasteiger partial charge in [0.1, 0.15) is 5.84 Å². The molecule has 0 aliphatic rings. The van der Waals surface area contributed by atoms with Gasteiger partial charge in [0.2, 0.25) is 0 Å². The maximum absolute atomic E-state index is 7.46. The number of rotatable bonds is 2. The minimum absolute atomic E-state index is 0.0771. The van der Waals surface area contributed by atoms with E-state index in [9.17, 15) is 0 Å². The van der Waals surface area contributed by atoms with E-state index in [1.54, 1.807) is 0 Å². The van der Waals surface area contributed by atoms with E-state index in [0.29, 0.717) is 5.02 Å². The van der Waals surface area contributed by atoms with E-state index >= 15 is 0 Å². The molecule has 0 aliphatic carbocycles. The fourth-order valence-corrected chi connectivity index (χ4v) is 1.95. The first-order valence-electron chi connectivity index (χ1n) is 5.29. The van der Waals surface area contributed by atoms with Crippen LogP contribution < -0.4 is 5.73 Å². The second-order valence-corrected chi connectivity index (χ2v) is 4.39. The van der Waals surface area contributed by atoms with Crippen LogP contribution in [0.4, 0.5) is 0 Å². The second-order valence-electron chi connectivity index (χ2n) is 3.95. The number of hydrogen-bond acceptors (Lipinski definition) is 1. The summed E-state index contributed by atoms with van der Waals surface area (Å²) in [6.45, 7) is 2.03. The molecule has 0 amide bonds. The molecule has 0 unspecified atom stereocenters. The Kier molecular flexibility index (Phi) is 3.16. The molecule has 0 aliphatic heterocycles. The zero-order valence-corrected chi connectivity index (χ0v) is 10.3. The highest BCUT2D eigenvalue weighted by atomic mass is 35.5. The van der Waals surface area contributed by atoms with Gasteiger partial charge >= 0.3 is 0 Å².